The van der Waals surface area contributed by atoms with Crippen molar-refractivity contribution in [2.75, 3.05) is 27.2 Å². The molecule has 188 valence electrons. The van der Waals surface area contributed by atoms with Crippen molar-refractivity contribution >= 4 is 0 Å². The van der Waals surface area contributed by atoms with Crippen LogP contribution in [0.2, 0.25) is 0 Å². The van der Waals surface area contributed by atoms with Crippen LogP contribution >= 0.6 is 0 Å². The van der Waals surface area contributed by atoms with Gasteiger partial charge in [-0.25, -0.2) is 4.39 Å². The van der Waals surface area contributed by atoms with Crippen molar-refractivity contribution in [2.45, 2.75) is 45.3 Å². The van der Waals surface area contributed by atoms with E-state index in [4.69, 9.17) is 4.74 Å². The van der Waals surface area contributed by atoms with Gasteiger partial charge in [0, 0.05) is 49.6 Å². The molecule has 1 aliphatic rings. The summed E-state index contributed by atoms with van der Waals surface area (Å²) >= 11 is 0. The largest absolute Gasteiger partial charge is 0.507 e. The second-order valence-corrected chi connectivity index (χ2v) is 9.80. The molecule has 1 aliphatic heterocycles. The molecule has 3 aromatic rings. The molecule has 1 N–H and O–H groups in total. The topological polar surface area (TPSA) is 53.8 Å². The Kier molecular flexibility index (Phi) is 8.08. The number of rotatable bonds is 9. The van der Waals surface area contributed by atoms with Crippen LogP contribution in [0.5, 0.6) is 11.5 Å². The second kappa shape index (κ2) is 11.2. The van der Waals surface area contributed by atoms with Crippen molar-refractivity contribution in [1.82, 2.24) is 19.6 Å². The monoisotopic (exact) mass is 480 g/mol. The van der Waals surface area contributed by atoms with Crippen LogP contribution in [0, 0.1) is 18.7 Å². The summed E-state index contributed by atoms with van der Waals surface area (Å²) in [5.41, 5.74) is 3.94. The maximum atomic E-state index is 14.6. The Morgan fingerprint density at radius 1 is 1.14 bits per heavy atom. The first-order valence-corrected chi connectivity index (χ1v) is 12.3. The average molecular weight is 481 g/mol. The standard InChI is InChI=1S/C28H37FN4O2/c1-20-24(18-32(3)30-20)17-31(2)27(15-22-7-5-6-8-26(22)29)21-11-13-33(14-12-21)19-23-9-10-25(35-4)16-28(23)34/h5-10,16,18,21,27,34H,11-15,17,19H2,1-4H3. The molecule has 0 saturated carbocycles. The van der Waals surface area contributed by atoms with E-state index in [2.05, 4.69) is 28.1 Å². The molecular formula is C28H37FN4O2. The third kappa shape index (κ3) is 6.21. The lowest BCUT2D eigenvalue weighted by atomic mass is 9.84. The Hall–Kier alpha value is -2.90. The zero-order valence-electron chi connectivity index (χ0n) is 21.2. The molecule has 2 heterocycles. The Labute approximate surface area is 207 Å². The average Bonchev–Trinajstić information content (AvgIpc) is 3.16. The fourth-order valence-electron chi connectivity index (χ4n) is 5.30. The number of benzene rings is 2. The summed E-state index contributed by atoms with van der Waals surface area (Å²) in [5, 5.41) is 14.9. The number of piperidine rings is 1. The summed E-state index contributed by atoms with van der Waals surface area (Å²) in [6.45, 7) is 5.44. The molecule has 1 fully saturated rings. The van der Waals surface area contributed by atoms with Gasteiger partial charge in [-0.1, -0.05) is 24.3 Å². The van der Waals surface area contributed by atoms with Crippen LogP contribution < -0.4 is 4.74 Å². The van der Waals surface area contributed by atoms with Gasteiger partial charge in [-0.2, -0.15) is 5.10 Å². The molecule has 1 unspecified atom stereocenters. The van der Waals surface area contributed by atoms with E-state index in [9.17, 15) is 9.50 Å². The van der Waals surface area contributed by atoms with Gasteiger partial charge in [-0.3, -0.25) is 14.5 Å². The quantitative estimate of drug-likeness (QED) is 0.488. The molecule has 0 radical (unpaired) electrons. The van der Waals surface area contributed by atoms with Crippen LogP contribution in [-0.2, 0) is 26.6 Å². The van der Waals surface area contributed by atoms with Gasteiger partial charge in [0.15, 0.2) is 0 Å². The molecule has 0 amide bonds. The third-order valence-electron chi connectivity index (χ3n) is 7.35. The Morgan fingerprint density at radius 3 is 2.51 bits per heavy atom. The highest BCUT2D eigenvalue weighted by atomic mass is 19.1. The number of phenols is 1. The van der Waals surface area contributed by atoms with E-state index in [0.29, 0.717) is 24.6 Å². The maximum Gasteiger partial charge on any atom is 0.126 e. The molecule has 0 bridgehead atoms. The smallest absolute Gasteiger partial charge is 0.126 e. The summed E-state index contributed by atoms with van der Waals surface area (Å²) in [7, 11) is 5.70. The number of likely N-dealkylation sites (N-methyl/N-ethyl adjacent to an activating group) is 1. The van der Waals surface area contributed by atoms with E-state index in [0.717, 1.165) is 49.3 Å². The minimum absolute atomic E-state index is 0.129. The van der Waals surface area contributed by atoms with E-state index in [1.807, 2.05) is 42.9 Å². The predicted octanol–water partition coefficient (Wildman–Crippen LogP) is 4.54. The van der Waals surface area contributed by atoms with Crippen molar-refractivity contribution in [1.29, 1.82) is 0 Å². The van der Waals surface area contributed by atoms with Crippen LogP contribution in [0.3, 0.4) is 0 Å². The van der Waals surface area contributed by atoms with E-state index in [-0.39, 0.29) is 17.6 Å². The molecule has 6 nitrogen and oxygen atoms in total. The fraction of sp³-hybridized carbons (Fsp3) is 0.464. The van der Waals surface area contributed by atoms with Crippen molar-refractivity contribution in [3.05, 3.63) is 76.9 Å². The number of methoxy groups -OCH3 is 1. The first-order valence-electron chi connectivity index (χ1n) is 12.3. The van der Waals surface area contributed by atoms with E-state index in [1.165, 1.54) is 5.56 Å². The molecule has 0 aliphatic carbocycles. The van der Waals surface area contributed by atoms with Crippen molar-refractivity contribution in [3.63, 3.8) is 0 Å². The van der Waals surface area contributed by atoms with Gasteiger partial charge in [0.2, 0.25) is 0 Å². The summed E-state index contributed by atoms with van der Waals surface area (Å²) in [6, 6.07) is 12.9. The third-order valence-corrected chi connectivity index (χ3v) is 7.35. The van der Waals surface area contributed by atoms with Gasteiger partial charge in [-0.05, 0) is 69.9 Å². The van der Waals surface area contributed by atoms with Gasteiger partial charge in [0.25, 0.3) is 0 Å². The van der Waals surface area contributed by atoms with E-state index >= 15 is 0 Å². The first-order chi connectivity index (χ1) is 16.8. The van der Waals surface area contributed by atoms with Crippen molar-refractivity contribution in [2.24, 2.45) is 13.0 Å². The Morgan fingerprint density at radius 2 is 1.89 bits per heavy atom. The second-order valence-electron chi connectivity index (χ2n) is 9.80. The lowest BCUT2D eigenvalue weighted by molar-refractivity contribution is 0.0945. The zero-order chi connectivity index (χ0) is 24.9. The lowest BCUT2D eigenvalue weighted by Crippen LogP contribution is -2.45. The van der Waals surface area contributed by atoms with Crippen LogP contribution in [0.25, 0.3) is 0 Å². The van der Waals surface area contributed by atoms with E-state index in [1.54, 1.807) is 25.3 Å². The number of halogens is 1. The van der Waals surface area contributed by atoms with Crippen LogP contribution in [0.4, 0.5) is 4.39 Å². The number of nitrogens with zero attached hydrogens (tertiary/aromatic N) is 4. The molecule has 1 aromatic heterocycles. The number of aromatic nitrogens is 2. The molecule has 35 heavy (non-hydrogen) atoms. The van der Waals surface area contributed by atoms with Crippen LogP contribution in [-0.4, -0.2) is 58.0 Å². The van der Waals surface area contributed by atoms with Crippen molar-refractivity contribution < 1.29 is 14.2 Å². The zero-order valence-corrected chi connectivity index (χ0v) is 21.2. The molecular weight excluding hydrogens is 443 g/mol. The summed E-state index contributed by atoms with van der Waals surface area (Å²) in [4.78, 5) is 4.77. The SMILES string of the molecule is COc1ccc(CN2CCC(C(Cc3ccccc3F)N(C)Cc3cn(C)nc3C)CC2)c(O)c1. The summed E-state index contributed by atoms with van der Waals surface area (Å²) in [6.07, 6.45) is 4.83. The minimum Gasteiger partial charge on any atom is -0.507 e. The minimum atomic E-state index is -0.129. The number of ether oxygens (including phenoxy) is 1. The molecule has 2 aromatic carbocycles. The maximum absolute atomic E-state index is 14.6. The number of phenolic OH excluding ortho intramolecular Hbond substituents is 1. The molecule has 4 rings (SSSR count). The molecule has 0 spiro atoms. The molecule has 7 heteroatoms. The van der Waals surface area contributed by atoms with Gasteiger partial charge >= 0.3 is 0 Å². The number of likely N-dealkylation sites (tertiary alicyclic amines) is 1. The Balaban J connectivity index is 1.45. The Bertz CT molecular complexity index is 1120. The highest BCUT2D eigenvalue weighted by Crippen LogP contribution is 2.30. The van der Waals surface area contributed by atoms with E-state index < -0.39 is 0 Å². The molecule has 1 atom stereocenters. The fourth-order valence-corrected chi connectivity index (χ4v) is 5.30. The lowest BCUT2D eigenvalue weighted by Gasteiger charge is -2.40. The van der Waals surface area contributed by atoms with Gasteiger partial charge in [0.05, 0.1) is 12.8 Å². The normalized spacial score (nSPS) is 16.1. The predicted molar refractivity (Wildman–Crippen MR) is 136 cm³/mol. The van der Waals surface area contributed by atoms with Crippen LogP contribution in [0.1, 0.15) is 35.2 Å². The van der Waals surface area contributed by atoms with Gasteiger partial charge < -0.3 is 9.84 Å². The van der Waals surface area contributed by atoms with Crippen LogP contribution in [0.15, 0.2) is 48.7 Å². The number of aryl methyl sites for hydroxylation is 2. The van der Waals surface area contributed by atoms with Gasteiger partial charge in [-0.15, -0.1) is 0 Å². The molecule has 1 saturated heterocycles. The number of hydrogen-bond acceptors (Lipinski definition) is 5. The highest BCUT2D eigenvalue weighted by Gasteiger charge is 2.30. The highest BCUT2D eigenvalue weighted by molar-refractivity contribution is 5.39. The summed E-state index contributed by atoms with van der Waals surface area (Å²) in [5.74, 6) is 1.26. The number of aromatic hydroxyl groups is 1. The number of hydrogen-bond donors (Lipinski definition) is 1. The van der Waals surface area contributed by atoms with Gasteiger partial charge in [0.1, 0.15) is 17.3 Å². The van der Waals surface area contributed by atoms with Crippen molar-refractivity contribution in [3.8, 4) is 11.5 Å². The summed E-state index contributed by atoms with van der Waals surface area (Å²) < 4.78 is 21.7. The first kappa shape index (κ1) is 25.2.